The van der Waals surface area contributed by atoms with E-state index in [1.165, 1.54) is 43.5 Å². The summed E-state index contributed by atoms with van der Waals surface area (Å²) in [6, 6.07) is 14.7. The topological polar surface area (TPSA) is 100 Å². The second-order valence-electron chi connectivity index (χ2n) is 7.10. The summed E-state index contributed by atoms with van der Waals surface area (Å²) >= 11 is 6.39. The van der Waals surface area contributed by atoms with E-state index in [4.69, 9.17) is 25.8 Å². The zero-order chi connectivity index (χ0) is 24.2. The fourth-order valence-electron chi connectivity index (χ4n) is 3.19. The standard InChI is InChI=1S/C24H16ClFN2O6/c1-32-21-11-15(10-20-24(29)34-23(27-20)16-5-3-6-17(26)12-16)9-19(25)22(21)33-13-14-4-2-7-18(8-14)28(30)31/h2-12H,13H2,1H3/b20-10-. The molecule has 0 N–H and O–H groups in total. The van der Waals surface area contributed by atoms with Crippen molar-refractivity contribution in [3.05, 3.63) is 104 Å². The Morgan fingerprint density at radius 1 is 1.18 bits per heavy atom. The molecular weight excluding hydrogens is 467 g/mol. The van der Waals surface area contributed by atoms with E-state index in [1.807, 2.05) is 0 Å². The summed E-state index contributed by atoms with van der Waals surface area (Å²) in [5.41, 5.74) is 1.34. The lowest BCUT2D eigenvalue weighted by Crippen LogP contribution is -2.05. The van der Waals surface area contributed by atoms with E-state index < -0.39 is 16.7 Å². The summed E-state index contributed by atoms with van der Waals surface area (Å²) in [5.74, 6) is -0.668. The average molecular weight is 483 g/mol. The smallest absolute Gasteiger partial charge is 0.363 e. The first-order chi connectivity index (χ1) is 16.3. The molecule has 34 heavy (non-hydrogen) atoms. The van der Waals surface area contributed by atoms with Crippen LogP contribution in [0, 0.1) is 15.9 Å². The Bertz CT molecular complexity index is 1360. The molecule has 0 spiro atoms. The average Bonchev–Trinajstić information content (AvgIpc) is 3.18. The molecule has 8 nitrogen and oxygen atoms in total. The summed E-state index contributed by atoms with van der Waals surface area (Å²) in [6.07, 6.45) is 1.45. The van der Waals surface area contributed by atoms with Crippen LogP contribution in [0.2, 0.25) is 5.02 Å². The Hall–Kier alpha value is -4.24. The van der Waals surface area contributed by atoms with Gasteiger partial charge in [-0.3, -0.25) is 10.1 Å². The maximum absolute atomic E-state index is 13.5. The van der Waals surface area contributed by atoms with Crippen LogP contribution >= 0.6 is 11.6 Å². The van der Waals surface area contributed by atoms with Gasteiger partial charge < -0.3 is 14.2 Å². The van der Waals surface area contributed by atoms with Crippen molar-refractivity contribution in [2.45, 2.75) is 6.61 Å². The number of hydrogen-bond acceptors (Lipinski definition) is 7. The quantitative estimate of drug-likeness (QED) is 0.195. The summed E-state index contributed by atoms with van der Waals surface area (Å²) < 4.78 is 29.8. The largest absolute Gasteiger partial charge is 0.493 e. The van der Waals surface area contributed by atoms with Crippen molar-refractivity contribution in [2.24, 2.45) is 4.99 Å². The van der Waals surface area contributed by atoms with Crippen molar-refractivity contribution in [1.82, 2.24) is 0 Å². The number of cyclic esters (lactones) is 1. The molecule has 0 atom stereocenters. The van der Waals surface area contributed by atoms with Gasteiger partial charge in [0.25, 0.3) is 5.69 Å². The van der Waals surface area contributed by atoms with Gasteiger partial charge in [-0.1, -0.05) is 29.8 Å². The molecule has 1 aliphatic rings. The molecule has 172 valence electrons. The number of methoxy groups -OCH3 is 1. The predicted octanol–water partition coefficient (Wildman–Crippen LogP) is 5.32. The first-order valence-electron chi connectivity index (χ1n) is 9.86. The molecule has 0 aliphatic carbocycles. The zero-order valence-corrected chi connectivity index (χ0v) is 18.4. The van der Waals surface area contributed by atoms with E-state index in [0.29, 0.717) is 16.7 Å². The zero-order valence-electron chi connectivity index (χ0n) is 17.7. The lowest BCUT2D eigenvalue weighted by Gasteiger charge is -2.13. The minimum absolute atomic E-state index is 0.00245. The van der Waals surface area contributed by atoms with Crippen LogP contribution in [0.3, 0.4) is 0 Å². The molecule has 0 radical (unpaired) electrons. The van der Waals surface area contributed by atoms with E-state index in [-0.39, 0.29) is 40.4 Å². The van der Waals surface area contributed by atoms with E-state index in [2.05, 4.69) is 4.99 Å². The van der Waals surface area contributed by atoms with Crippen LogP contribution in [-0.4, -0.2) is 23.9 Å². The Morgan fingerprint density at radius 2 is 1.97 bits per heavy atom. The molecule has 0 saturated heterocycles. The fourth-order valence-corrected chi connectivity index (χ4v) is 3.46. The van der Waals surface area contributed by atoms with Gasteiger partial charge in [-0.05, 0) is 47.5 Å². The highest BCUT2D eigenvalue weighted by Gasteiger charge is 2.25. The Labute approximate surface area is 198 Å². The number of halogens is 2. The van der Waals surface area contributed by atoms with Gasteiger partial charge in [-0.2, -0.15) is 0 Å². The van der Waals surface area contributed by atoms with Crippen molar-refractivity contribution in [2.75, 3.05) is 7.11 Å². The first kappa shape index (κ1) is 22.9. The maximum Gasteiger partial charge on any atom is 0.363 e. The molecule has 0 bridgehead atoms. The van der Waals surface area contributed by atoms with Crippen LogP contribution in [0.1, 0.15) is 16.7 Å². The van der Waals surface area contributed by atoms with Crippen molar-refractivity contribution >= 4 is 35.2 Å². The van der Waals surface area contributed by atoms with E-state index in [1.54, 1.807) is 30.3 Å². The van der Waals surface area contributed by atoms with Crippen molar-refractivity contribution in [3.8, 4) is 11.5 Å². The molecule has 10 heteroatoms. The van der Waals surface area contributed by atoms with Crippen molar-refractivity contribution < 1.29 is 28.3 Å². The van der Waals surface area contributed by atoms with E-state index >= 15 is 0 Å². The molecule has 0 fully saturated rings. The van der Waals surface area contributed by atoms with Gasteiger partial charge in [-0.15, -0.1) is 0 Å². The number of hydrogen-bond donors (Lipinski definition) is 0. The minimum atomic E-state index is -0.694. The number of rotatable bonds is 7. The van der Waals surface area contributed by atoms with Gasteiger partial charge in [0.2, 0.25) is 5.90 Å². The van der Waals surface area contributed by atoms with Crippen LogP contribution in [0.15, 0.2) is 71.4 Å². The van der Waals surface area contributed by atoms with Crippen LogP contribution in [-0.2, 0) is 16.1 Å². The Balaban J connectivity index is 1.58. The summed E-state index contributed by atoms with van der Waals surface area (Å²) in [7, 11) is 1.42. The normalized spacial score (nSPS) is 14.0. The van der Waals surface area contributed by atoms with E-state index in [0.717, 1.165) is 0 Å². The fraction of sp³-hybridized carbons (Fsp3) is 0.0833. The number of aliphatic imine (C=N–C) groups is 1. The van der Waals surface area contributed by atoms with Gasteiger partial charge in [0.15, 0.2) is 17.2 Å². The molecule has 3 aromatic carbocycles. The van der Waals surface area contributed by atoms with Gasteiger partial charge in [0.1, 0.15) is 12.4 Å². The predicted molar refractivity (Wildman–Crippen MR) is 122 cm³/mol. The van der Waals surface area contributed by atoms with Gasteiger partial charge in [0.05, 0.1) is 17.1 Å². The molecule has 0 saturated carbocycles. The second kappa shape index (κ2) is 9.72. The number of carbonyl (C=O) groups excluding carboxylic acids is 1. The van der Waals surface area contributed by atoms with E-state index in [9.17, 15) is 19.3 Å². The number of nitrogens with zero attached hydrogens (tertiary/aromatic N) is 2. The Morgan fingerprint density at radius 3 is 2.71 bits per heavy atom. The SMILES string of the molecule is COc1cc(/C=C2\N=C(c3cccc(F)c3)OC2=O)cc(Cl)c1OCc1cccc([N+](=O)[O-])c1. The number of nitro groups is 1. The number of carbonyl (C=O) groups is 1. The molecule has 4 rings (SSSR count). The van der Waals surface area contributed by atoms with Gasteiger partial charge in [-0.25, -0.2) is 14.2 Å². The van der Waals surface area contributed by atoms with Crippen LogP contribution < -0.4 is 9.47 Å². The van der Waals surface area contributed by atoms with Crippen LogP contribution in [0.25, 0.3) is 6.08 Å². The number of benzene rings is 3. The molecule has 1 heterocycles. The summed E-state index contributed by atoms with van der Waals surface area (Å²) in [4.78, 5) is 26.9. The summed E-state index contributed by atoms with van der Waals surface area (Å²) in [6.45, 7) is 0.0197. The number of non-ortho nitro benzene ring substituents is 1. The molecule has 3 aromatic rings. The van der Waals surface area contributed by atoms with Crippen molar-refractivity contribution in [1.29, 1.82) is 0 Å². The number of ether oxygens (including phenoxy) is 3. The second-order valence-corrected chi connectivity index (χ2v) is 7.50. The molecule has 1 aliphatic heterocycles. The van der Waals surface area contributed by atoms with Crippen LogP contribution in [0.4, 0.5) is 10.1 Å². The third kappa shape index (κ3) is 5.05. The van der Waals surface area contributed by atoms with Crippen molar-refractivity contribution in [3.63, 3.8) is 0 Å². The highest BCUT2D eigenvalue weighted by atomic mass is 35.5. The highest BCUT2D eigenvalue weighted by molar-refractivity contribution is 6.32. The highest BCUT2D eigenvalue weighted by Crippen LogP contribution is 2.38. The van der Waals surface area contributed by atoms with Crippen LogP contribution in [0.5, 0.6) is 11.5 Å². The van der Waals surface area contributed by atoms with Gasteiger partial charge >= 0.3 is 5.97 Å². The number of esters is 1. The first-order valence-corrected chi connectivity index (χ1v) is 10.2. The summed E-state index contributed by atoms with van der Waals surface area (Å²) in [5, 5.41) is 11.2. The third-order valence-corrected chi connectivity index (χ3v) is 5.03. The number of nitro benzene ring substituents is 1. The minimum Gasteiger partial charge on any atom is -0.493 e. The monoisotopic (exact) mass is 482 g/mol. The van der Waals surface area contributed by atoms with Gasteiger partial charge in [0, 0.05) is 17.7 Å². The lowest BCUT2D eigenvalue weighted by molar-refractivity contribution is -0.384. The molecular formula is C24H16ClFN2O6. The lowest BCUT2D eigenvalue weighted by atomic mass is 10.1. The molecule has 0 aromatic heterocycles. The molecule has 0 unspecified atom stereocenters. The maximum atomic E-state index is 13.5. The third-order valence-electron chi connectivity index (χ3n) is 4.75. The molecule has 0 amide bonds. The Kier molecular flexibility index (Phi) is 6.55.